The van der Waals surface area contributed by atoms with Gasteiger partial charge in [-0.2, -0.15) is 0 Å². The molecule has 8 heteroatoms. The van der Waals surface area contributed by atoms with Crippen LogP contribution < -0.4 is 0 Å². The molecule has 41 heavy (non-hydrogen) atoms. The number of hydrogen-bond donors (Lipinski definition) is 0. The summed E-state index contributed by atoms with van der Waals surface area (Å²) in [6.07, 6.45) is 8.68. The molecule has 2 aromatic heterocycles. The van der Waals surface area contributed by atoms with E-state index in [1.54, 1.807) is 4.68 Å². The maximum Gasteiger partial charge on any atom is 0.312 e. The minimum Gasteiger partial charge on any atom is -0.469 e. The Morgan fingerprint density at radius 3 is 2.54 bits per heavy atom. The van der Waals surface area contributed by atoms with Crippen LogP contribution in [0.15, 0.2) is 36.5 Å². The Bertz CT molecular complexity index is 1480. The molecule has 0 saturated heterocycles. The molecule has 2 aromatic carbocycles. The van der Waals surface area contributed by atoms with Crippen molar-refractivity contribution in [3.05, 3.63) is 70.0 Å². The molecule has 0 aliphatic heterocycles. The lowest BCUT2D eigenvalue weighted by Crippen LogP contribution is -2.34. The molecule has 0 aliphatic rings. The van der Waals surface area contributed by atoms with Crippen LogP contribution in [0.3, 0.4) is 0 Å². The van der Waals surface area contributed by atoms with E-state index in [0.717, 1.165) is 46.4 Å². The minimum atomic E-state index is -0.822. The molecular weight excluding hydrogens is 512 g/mol. The smallest absolute Gasteiger partial charge is 0.312 e. The Kier molecular flexibility index (Phi) is 9.61. The molecule has 4 aromatic rings. The third kappa shape index (κ3) is 6.36. The summed E-state index contributed by atoms with van der Waals surface area (Å²) in [5.74, 6) is 0.114. The van der Waals surface area contributed by atoms with Crippen LogP contribution in [-0.2, 0) is 29.5 Å². The Morgan fingerprint density at radius 1 is 1.05 bits per heavy atom. The molecule has 0 amide bonds. The second-order valence-electron chi connectivity index (χ2n) is 12.1. The van der Waals surface area contributed by atoms with Gasteiger partial charge in [0, 0.05) is 25.9 Å². The summed E-state index contributed by atoms with van der Waals surface area (Å²) in [6.45, 7) is 13.5. The molecule has 0 fully saturated rings. The number of rotatable bonds is 13. The number of unbranched alkanes of at least 4 members (excludes halogenated alkanes) is 1. The third-order valence-electron chi connectivity index (χ3n) is 8.69. The number of carbonyl (C=O) groups is 1. The number of benzene rings is 2. The number of aryl methyl sites for hydroxylation is 3. The zero-order chi connectivity index (χ0) is 29.7. The predicted octanol–water partition coefficient (Wildman–Crippen LogP) is 6.71. The van der Waals surface area contributed by atoms with Crippen molar-refractivity contribution >= 4 is 17.0 Å². The first-order chi connectivity index (χ1) is 19.6. The highest BCUT2D eigenvalue weighted by atomic mass is 16.5. The van der Waals surface area contributed by atoms with Crippen molar-refractivity contribution in [1.82, 2.24) is 30.0 Å². The average molecular weight is 559 g/mol. The van der Waals surface area contributed by atoms with Gasteiger partial charge in [-0.25, -0.2) is 9.36 Å². The lowest BCUT2D eigenvalue weighted by molar-refractivity contribution is -0.151. The predicted molar refractivity (Wildman–Crippen MR) is 163 cm³/mol. The monoisotopic (exact) mass is 558 g/mol. The van der Waals surface area contributed by atoms with Crippen molar-refractivity contribution < 1.29 is 9.53 Å². The number of esters is 1. The van der Waals surface area contributed by atoms with Gasteiger partial charge in [0.1, 0.15) is 5.52 Å². The summed E-state index contributed by atoms with van der Waals surface area (Å²) in [4.78, 5) is 13.2. The molecular formula is C33H46N6O2. The van der Waals surface area contributed by atoms with E-state index in [4.69, 9.17) is 4.74 Å². The first kappa shape index (κ1) is 30.4. The van der Waals surface area contributed by atoms with Crippen LogP contribution in [0.2, 0.25) is 0 Å². The van der Waals surface area contributed by atoms with Crippen LogP contribution in [0.4, 0.5) is 0 Å². The number of hydrogen-bond acceptors (Lipinski definition) is 6. The molecule has 2 unspecified atom stereocenters. The second-order valence-corrected chi connectivity index (χ2v) is 12.1. The van der Waals surface area contributed by atoms with E-state index in [9.17, 15) is 4.79 Å². The molecule has 4 rings (SSSR count). The zero-order valence-electron chi connectivity index (χ0n) is 26.1. The SMILES string of the molecule is CCCCC(CCC)Cn1nncc1Cc1cc(C(c2ccc3c(nnn3C)c2C)C(C)(C)C(=O)OC)ccc1C. The quantitative estimate of drug-likeness (QED) is 0.170. The Hall–Kier alpha value is -3.55. The molecule has 2 atom stereocenters. The topological polar surface area (TPSA) is 87.7 Å². The summed E-state index contributed by atoms with van der Waals surface area (Å²) < 4.78 is 9.20. The summed E-state index contributed by atoms with van der Waals surface area (Å²) in [7, 11) is 3.35. The van der Waals surface area contributed by atoms with Crippen LogP contribution in [0, 0.1) is 25.2 Å². The summed E-state index contributed by atoms with van der Waals surface area (Å²) in [5, 5.41) is 17.4. The van der Waals surface area contributed by atoms with Crippen molar-refractivity contribution in [2.45, 2.75) is 92.5 Å². The normalized spacial score (nSPS) is 13.5. The molecule has 0 aliphatic carbocycles. The number of methoxy groups -OCH3 is 1. The van der Waals surface area contributed by atoms with Crippen molar-refractivity contribution in [1.29, 1.82) is 0 Å². The van der Waals surface area contributed by atoms with Crippen LogP contribution in [0.1, 0.15) is 99.2 Å². The van der Waals surface area contributed by atoms with Gasteiger partial charge in [-0.05, 0) is 80.3 Å². The van der Waals surface area contributed by atoms with Crippen LogP contribution >= 0.6 is 0 Å². The van der Waals surface area contributed by atoms with Crippen molar-refractivity contribution in [2.24, 2.45) is 18.4 Å². The zero-order valence-corrected chi connectivity index (χ0v) is 26.1. The molecule has 8 nitrogen and oxygen atoms in total. The van der Waals surface area contributed by atoms with E-state index in [-0.39, 0.29) is 11.9 Å². The third-order valence-corrected chi connectivity index (χ3v) is 8.69. The number of fused-ring (bicyclic) bond motifs is 1. The van der Waals surface area contributed by atoms with E-state index < -0.39 is 5.41 Å². The van der Waals surface area contributed by atoms with Gasteiger partial charge in [-0.3, -0.25) is 4.79 Å². The van der Waals surface area contributed by atoms with E-state index >= 15 is 0 Å². The largest absolute Gasteiger partial charge is 0.469 e. The highest BCUT2D eigenvalue weighted by molar-refractivity contribution is 5.82. The second kappa shape index (κ2) is 13.0. The van der Waals surface area contributed by atoms with Gasteiger partial charge >= 0.3 is 5.97 Å². The molecule has 0 spiro atoms. The summed E-state index contributed by atoms with van der Waals surface area (Å²) >= 11 is 0. The van der Waals surface area contributed by atoms with E-state index in [1.165, 1.54) is 50.3 Å². The first-order valence-corrected chi connectivity index (χ1v) is 15.0. The highest BCUT2D eigenvalue weighted by Gasteiger charge is 2.41. The number of ether oxygens (including phenoxy) is 1. The number of nitrogens with zero attached hydrogens (tertiary/aromatic N) is 6. The maximum atomic E-state index is 13.2. The molecule has 220 valence electrons. The fourth-order valence-electron chi connectivity index (χ4n) is 6.23. The highest BCUT2D eigenvalue weighted by Crippen LogP contribution is 2.44. The molecule has 2 heterocycles. The van der Waals surface area contributed by atoms with Crippen molar-refractivity contribution in [3.8, 4) is 0 Å². The fraction of sp³-hybridized carbons (Fsp3) is 0.545. The van der Waals surface area contributed by atoms with Gasteiger partial charge in [0.15, 0.2) is 0 Å². The lowest BCUT2D eigenvalue weighted by Gasteiger charge is -2.34. The summed E-state index contributed by atoms with van der Waals surface area (Å²) in [6, 6.07) is 10.7. The number of carbonyl (C=O) groups excluding carboxylic acids is 1. The van der Waals surface area contributed by atoms with Gasteiger partial charge in [-0.15, -0.1) is 10.2 Å². The van der Waals surface area contributed by atoms with Gasteiger partial charge < -0.3 is 4.74 Å². The minimum absolute atomic E-state index is 0.244. The maximum absolute atomic E-state index is 13.2. The van der Waals surface area contributed by atoms with Gasteiger partial charge in [0.05, 0.1) is 29.9 Å². The van der Waals surface area contributed by atoms with E-state index in [0.29, 0.717) is 5.92 Å². The van der Waals surface area contributed by atoms with Crippen molar-refractivity contribution in [3.63, 3.8) is 0 Å². The molecule has 0 saturated carbocycles. The Labute approximate surface area is 244 Å². The first-order valence-electron chi connectivity index (χ1n) is 15.0. The van der Waals surface area contributed by atoms with Crippen LogP contribution in [0.25, 0.3) is 11.0 Å². The van der Waals surface area contributed by atoms with Crippen molar-refractivity contribution in [2.75, 3.05) is 7.11 Å². The van der Waals surface area contributed by atoms with E-state index in [1.807, 2.05) is 33.2 Å². The van der Waals surface area contributed by atoms with Gasteiger partial charge in [-0.1, -0.05) is 67.8 Å². The average Bonchev–Trinajstić information content (AvgIpc) is 3.56. The number of aromatic nitrogens is 6. The molecule has 0 bridgehead atoms. The fourth-order valence-corrected chi connectivity index (χ4v) is 6.23. The van der Waals surface area contributed by atoms with E-state index in [2.05, 4.69) is 77.3 Å². The van der Waals surface area contributed by atoms with Gasteiger partial charge in [0.25, 0.3) is 0 Å². The molecule has 0 radical (unpaired) electrons. The Morgan fingerprint density at radius 2 is 1.83 bits per heavy atom. The lowest BCUT2D eigenvalue weighted by atomic mass is 9.69. The Balaban J connectivity index is 1.75. The summed E-state index contributed by atoms with van der Waals surface area (Å²) in [5.41, 5.74) is 7.65. The standard InChI is InChI=1S/C33H46N6O2/c1-9-11-13-24(12-10-2)21-39-27(20-34-36-39)19-26-18-25(15-14-22(26)3)30(33(5,6)32(40)41-8)28-16-17-29-31(23(28)4)35-37-38(29)7/h14-18,20,24,30H,9-13,19,21H2,1-8H3. The van der Waals surface area contributed by atoms with Gasteiger partial charge in [0.2, 0.25) is 0 Å². The molecule has 0 N–H and O–H groups in total. The van der Waals surface area contributed by atoms with Crippen LogP contribution in [0.5, 0.6) is 0 Å². The van der Waals surface area contributed by atoms with Crippen LogP contribution in [-0.4, -0.2) is 43.1 Å².